The van der Waals surface area contributed by atoms with E-state index in [1.807, 2.05) is 70.4 Å². The molecule has 0 fully saturated rings. The van der Waals surface area contributed by atoms with Crippen LogP contribution in [0.25, 0.3) is 0 Å². The number of hydrogen-bond acceptors (Lipinski definition) is 3. The second-order valence-corrected chi connectivity index (χ2v) is 7.29. The van der Waals surface area contributed by atoms with Crippen LogP contribution in [0.15, 0.2) is 60.8 Å². The molecule has 1 N–H and O–H groups in total. The van der Waals surface area contributed by atoms with E-state index in [2.05, 4.69) is 31.9 Å². The van der Waals surface area contributed by atoms with Crippen LogP contribution in [0, 0.1) is 13.8 Å². The molecule has 0 bridgehead atoms. The molecular formula is C23H28N4O. The number of likely N-dealkylation sites (N-methyl/N-ethyl adjacent to an activating group) is 1. The van der Waals surface area contributed by atoms with Gasteiger partial charge >= 0.3 is 0 Å². The summed E-state index contributed by atoms with van der Waals surface area (Å²) in [5.74, 6) is -0.0387. The highest BCUT2D eigenvalue weighted by Crippen LogP contribution is 2.19. The maximum atomic E-state index is 12.9. The minimum atomic E-state index is -0.0387. The summed E-state index contributed by atoms with van der Waals surface area (Å²) in [6, 6.07) is 18.2. The molecule has 5 heteroatoms. The molecule has 0 aliphatic rings. The van der Waals surface area contributed by atoms with Gasteiger partial charge < -0.3 is 14.8 Å². The van der Waals surface area contributed by atoms with E-state index in [0.717, 1.165) is 22.6 Å². The second kappa shape index (κ2) is 8.85. The number of benzene rings is 1. The van der Waals surface area contributed by atoms with Gasteiger partial charge in [-0.1, -0.05) is 36.4 Å². The smallest absolute Gasteiger partial charge is 0.253 e. The monoisotopic (exact) mass is 376 g/mol. The lowest BCUT2D eigenvalue weighted by Gasteiger charge is -2.25. The Kier molecular flexibility index (Phi) is 6.26. The van der Waals surface area contributed by atoms with Crippen LogP contribution in [0.1, 0.15) is 39.0 Å². The van der Waals surface area contributed by atoms with Gasteiger partial charge in [0.05, 0.1) is 23.8 Å². The molecule has 1 amide bonds. The zero-order valence-corrected chi connectivity index (χ0v) is 17.0. The molecule has 0 saturated heterocycles. The SMILES string of the molecule is Cc1cc(C(=O)NCC(c2ccccc2)N(C)C)c(C)n1Cc1ccccn1. The van der Waals surface area contributed by atoms with Crippen LogP contribution in [-0.2, 0) is 6.54 Å². The van der Waals surface area contributed by atoms with Crippen LogP contribution >= 0.6 is 0 Å². The van der Waals surface area contributed by atoms with Gasteiger partial charge in [-0.2, -0.15) is 0 Å². The van der Waals surface area contributed by atoms with Gasteiger partial charge in [0, 0.05) is 24.1 Å². The Morgan fingerprint density at radius 1 is 1.11 bits per heavy atom. The molecule has 5 nitrogen and oxygen atoms in total. The minimum Gasteiger partial charge on any atom is -0.350 e. The Bertz CT molecular complexity index is 917. The van der Waals surface area contributed by atoms with E-state index in [0.29, 0.717) is 13.1 Å². The predicted molar refractivity (Wildman–Crippen MR) is 112 cm³/mol. The quantitative estimate of drug-likeness (QED) is 0.686. The molecule has 2 aromatic heterocycles. The van der Waals surface area contributed by atoms with Gasteiger partial charge in [0.1, 0.15) is 0 Å². The van der Waals surface area contributed by atoms with Crippen LogP contribution in [0.5, 0.6) is 0 Å². The Hall–Kier alpha value is -2.92. The standard InChI is InChI=1S/C23H28N4O/c1-17-14-21(18(2)27(17)16-20-12-8-9-13-24-20)23(28)25-15-22(26(3)4)19-10-6-5-7-11-19/h5-14,22H,15-16H2,1-4H3,(H,25,28). The third-order valence-corrected chi connectivity index (χ3v) is 5.13. The summed E-state index contributed by atoms with van der Waals surface area (Å²) in [6.45, 7) is 5.24. The van der Waals surface area contributed by atoms with Crippen LogP contribution in [0.4, 0.5) is 0 Å². The van der Waals surface area contributed by atoms with Gasteiger partial charge in [0.15, 0.2) is 0 Å². The van der Waals surface area contributed by atoms with Gasteiger partial charge in [0.25, 0.3) is 5.91 Å². The molecule has 28 heavy (non-hydrogen) atoms. The van der Waals surface area contributed by atoms with E-state index in [4.69, 9.17) is 0 Å². The number of rotatable bonds is 7. The fourth-order valence-corrected chi connectivity index (χ4v) is 3.49. The molecule has 3 rings (SSSR count). The summed E-state index contributed by atoms with van der Waals surface area (Å²) >= 11 is 0. The number of aryl methyl sites for hydroxylation is 1. The Labute approximate surface area is 167 Å². The molecule has 0 spiro atoms. The molecule has 146 valence electrons. The van der Waals surface area contributed by atoms with Gasteiger partial charge in [-0.25, -0.2) is 0 Å². The zero-order valence-electron chi connectivity index (χ0n) is 17.0. The number of carbonyl (C=O) groups is 1. The maximum Gasteiger partial charge on any atom is 0.253 e. The zero-order chi connectivity index (χ0) is 20.1. The molecule has 1 unspecified atom stereocenters. The molecule has 0 aliphatic carbocycles. The largest absolute Gasteiger partial charge is 0.350 e. The van der Waals surface area contributed by atoms with Gasteiger partial charge in [-0.15, -0.1) is 0 Å². The predicted octanol–water partition coefficient (Wildman–Crippen LogP) is 3.58. The van der Waals surface area contributed by atoms with Crippen LogP contribution in [-0.4, -0.2) is 41.0 Å². The van der Waals surface area contributed by atoms with E-state index >= 15 is 0 Å². The van der Waals surface area contributed by atoms with Crippen molar-refractivity contribution in [2.45, 2.75) is 26.4 Å². The fourth-order valence-electron chi connectivity index (χ4n) is 3.49. The Morgan fingerprint density at radius 3 is 2.46 bits per heavy atom. The molecular weight excluding hydrogens is 348 g/mol. The van der Waals surface area contributed by atoms with Crippen molar-refractivity contribution in [1.29, 1.82) is 0 Å². The van der Waals surface area contributed by atoms with Crippen molar-refractivity contribution < 1.29 is 4.79 Å². The number of amides is 1. The molecule has 0 aliphatic heterocycles. The number of aromatic nitrogens is 2. The number of nitrogens with one attached hydrogen (secondary N) is 1. The van der Waals surface area contributed by atoms with E-state index in [1.165, 1.54) is 5.56 Å². The van der Waals surface area contributed by atoms with Crippen molar-refractivity contribution in [2.24, 2.45) is 0 Å². The molecule has 1 atom stereocenters. The third-order valence-electron chi connectivity index (χ3n) is 5.13. The summed E-state index contributed by atoms with van der Waals surface area (Å²) in [5, 5.41) is 3.11. The summed E-state index contributed by atoms with van der Waals surface area (Å²) in [6.07, 6.45) is 1.79. The van der Waals surface area contributed by atoms with Crippen molar-refractivity contribution in [3.8, 4) is 0 Å². The lowest BCUT2D eigenvalue weighted by Crippen LogP contribution is -2.34. The maximum absolute atomic E-state index is 12.9. The number of pyridine rings is 1. The second-order valence-electron chi connectivity index (χ2n) is 7.29. The van der Waals surface area contributed by atoms with Crippen LogP contribution < -0.4 is 5.32 Å². The fraction of sp³-hybridized carbons (Fsp3) is 0.304. The van der Waals surface area contributed by atoms with Gasteiger partial charge in [-0.3, -0.25) is 9.78 Å². The van der Waals surface area contributed by atoms with E-state index < -0.39 is 0 Å². The topological polar surface area (TPSA) is 50.2 Å². The van der Waals surface area contributed by atoms with Crippen molar-refractivity contribution in [3.63, 3.8) is 0 Å². The number of nitrogens with zero attached hydrogens (tertiary/aromatic N) is 3. The van der Waals surface area contributed by atoms with Crippen molar-refractivity contribution in [1.82, 2.24) is 19.8 Å². The first-order chi connectivity index (χ1) is 13.5. The van der Waals surface area contributed by atoms with Crippen LogP contribution in [0.2, 0.25) is 0 Å². The van der Waals surface area contributed by atoms with E-state index in [1.54, 1.807) is 6.20 Å². The van der Waals surface area contributed by atoms with E-state index in [-0.39, 0.29) is 11.9 Å². The highest BCUT2D eigenvalue weighted by atomic mass is 16.1. The average molecular weight is 377 g/mol. The molecule has 2 heterocycles. The molecule has 3 aromatic rings. The van der Waals surface area contributed by atoms with Gasteiger partial charge in [0.2, 0.25) is 0 Å². The van der Waals surface area contributed by atoms with Crippen molar-refractivity contribution in [2.75, 3.05) is 20.6 Å². The number of hydrogen-bond donors (Lipinski definition) is 1. The third kappa shape index (κ3) is 4.49. The first kappa shape index (κ1) is 19.8. The lowest BCUT2D eigenvalue weighted by molar-refractivity contribution is 0.0941. The highest BCUT2D eigenvalue weighted by molar-refractivity contribution is 5.95. The first-order valence-electron chi connectivity index (χ1n) is 9.53. The Balaban J connectivity index is 1.73. The first-order valence-corrected chi connectivity index (χ1v) is 9.53. The normalized spacial score (nSPS) is 12.2. The van der Waals surface area contributed by atoms with Crippen molar-refractivity contribution >= 4 is 5.91 Å². The highest BCUT2D eigenvalue weighted by Gasteiger charge is 2.19. The van der Waals surface area contributed by atoms with Gasteiger partial charge in [-0.05, 0) is 51.7 Å². The Morgan fingerprint density at radius 2 is 1.82 bits per heavy atom. The molecule has 0 saturated carbocycles. The van der Waals surface area contributed by atoms with E-state index in [9.17, 15) is 4.79 Å². The average Bonchev–Trinajstić information content (AvgIpc) is 2.98. The number of carbonyl (C=O) groups excluding carboxylic acids is 1. The molecule has 0 radical (unpaired) electrons. The summed E-state index contributed by atoms with van der Waals surface area (Å²) in [5.41, 5.74) is 4.91. The van der Waals surface area contributed by atoms with Crippen LogP contribution in [0.3, 0.4) is 0 Å². The summed E-state index contributed by atoms with van der Waals surface area (Å²) < 4.78 is 2.14. The summed E-state index contributed by atoms with van der Waals surface area (Å²) in [4.78, 5) is 19.4. The summed E-state index contributed by atoms with van der Waals surface area (Å²) in [7, 11) is 4.06. The lowest BCUT2D eigenvalue weighted by atomic mass is 10.1. The van der Waals surface area contributed by atoms with Crippen molar-refractivity contribution in [3.05, 3.63) is 89.0 Å². The minimum absolute atomic E-state index is 0.0387. The molecule has 1 aromatic carbocycles.